The van der Waals surface area contributed by atoms with Crippen LogP contribution in [0.5, 0.6) is 0 Å². The number of nitrogens with zero attached hydrogens (tertiary/aromatic N) is 4. The molecule has 6 nitrogen and oxygen atoms in total. The number of amides is 1. The second-order valence-corrected chi connectivity index (χ2v) is 6.94. The van der Waals surface area contributed by atoms with E-state index in [0.717, 1.165) is 42.5 Å². The number of rotatable bonds is 6. The Bertz CT molecular complexity index is 654. The molecule has 1 fully saturated rings. The van der Waals surface area contributed by atoms with Crippen LogP contribution in [0.1, 0.15) is 24.4 Å². The highest BCUT2D eigenvalue weighted by molar-refractivity contribution is 7.99. The van der Waals surface area contributed by atoms with Crippen molar-refractivity contribution in [3.63, 3.8) is 0 Å². The summed E-state index contributed by atoms with van der Waals surface area (Å²) in [5.41, 5.74) is 1.04. The molecule has 0 bridgehead atoms. The van der Waals surface area contributed by atoms with E-state index in [1.165, 1.54) is 0 Å². The smallest absolute Gasteiger partial charge is 0.242 e. The van der Waals surface area contributed by atoms with E-state index < -0.39 is 0 Å². The molecule has 2 heterocycles. The minimum Gasteiger partial charge on any atom is -0.347 e. The molecule has 0 spiro atoms. The lowest BCUT2D eigenvalue weighted by Gasteiger charge is -2.33. The van der Waals surface area contributed by atoms with Crippen LogP contribution in [0.4, 0.5) is 0 Å². The molecule has 1 atom stereocenters. The summed E-state index contributed by atoms with van der Waals surface area (Å²) in [7, 11) is 0. The van der Waals surface area contributed by atoms with Gasteiger partial charge in [0.25, 0.3) is 0 Å². The summed E-state index contributed by atoms with van der Waals surface area (Å²) >= 11 is 1.94. The number of thioether (sulfide) groups is 1. The van der Waals surface area contributed by atoms with Crippen LogP contribution >= 0.6 is 11.8 Å². The first kappa shape index (κ1) is 17.0. The summed E-state index contributed by atoms with van der Waals surface area (Å²) in [6.07, 6.45) is 1.69. The van der Waals surface area contributed by atoms with Crippen molar-refractivity contribution < 1.29 is 4.79 Å². The SMILES string of the molecule is CCn1cnnc1CNC(=O)C(c1ccccc1)N1CCSCC1. The molecule has 1 aliphatic heterocycles. The minimum atomic E-state index is -0.245. The van der Waals surface area contributed by atoms with Gasteiger partial charge in [-0.3, -0.25) is 9.69 Å². The summed E-state index contributed by atoms with van der Waals surface area (Å²) in [5.74, 6) is 2.95. The maximum Gasteiger partial charge on any atom is 0.242 e. The molecule has 1 aliphatic rings. The monoisotopic (exact) mass is 345 g/mol. The fourth-order valence-electron chi connectivity index (χ4n) is 2.94. The summed E-state index contributed by atoms with van der Waals surface area (Å²) in [4.78, 5) is 15.2. The molecule has 3 rings (SSSR count). The predicted octanol–water partition coefficient (Wildman–Crippen LogP) is 1.70. The largest absolute Gasteiger partial charge is 0.347 e. The quantitative estimate of drug-likeness (QED) is 0.863. The number of nitrogens with one attached hydrogen (secondary N) is 1. The van der Waals surface area contributed by atoms with E-state index in [1.54, 1.807) is 6.33 Å². The van der Waals surface area contributed by atoms with Gasteiger partial charge in [-0.05, 0) is 12.5 Å². The van der Waals surface area contributed by atoms with E-state index in [0.29, 0.717) is 6.54 Å². The van der Waals surface area contributed by atoms with Gasteiger partial charge in [0, 0.05) is 31.1 Å². The van der Waals surface area contributed by atoms with Crippen LogP contribution in [0.3, 0.4) is 0 Å². The van der Waals surface area contributed by atoms with Crippen LogP contribution in [0, 0.1) is 0 Å². The summed E-state index contributed by atoms with van der Waals surface area (Å²) < 4.78 is 1.94. The highest BCUT2D eigenvalue weighted by Gasteiger charge is 2.28. The Morgan fingerprint density at radius 1 is 1.29 bits per heavy atom. The number of aromatic nitrogens is 3. The summed E-state index contributed by atoms with van der Waals surface area (Å²) in [6, 6.07) is 9.77. The van der Waals surface area contributed by atoms with Crippen molar-refractivity contribution in [2.75, 3.05) is 24.6 Å². The fourth-order valence-corrected chi connectivity index (χ4v) is 3.87. The maximum absolute atomic E-state index is 12.9. The molecular weight excluding hydrogens is 322 g/mol. The molecule has 0 aliphatic carbocycles. The summed E-state index contributed by atoms with van der Waals surface area (Å²) in [5, 5.41) is 11.0. The Morgan fingerprint density at radius 2 is 2.04 bits per heavy atom. The highest BCUT2D eigenvalue weighted by atomic mass is 32.2. The molecule has 1 saturated heterocycles. The van der Waals surface area contributed by atoms with Crippen molar-refractivity contribution in [1.82, 2.24) is 25.0 Å². The van der Waals surface area contributed by atoms with Gasteiger partial charge in [0.05, 0.1) is 6.54 Å². The molecule has 1 aromatic carbocycles. The fraction of sp³-hybridized carbons (Fsp3) is 0.471. The second-order valence-electron chi connectivity index (χ2n) is 5.71. The standard InChI is InChI=1S/C17H23N5OS/c1-2-21-13-19-20-15(21)12-18-17(23)16(14-6-4-3-5-7-14)22-8-10-24-11-9-22/h3-7,13,16H,2,8-12H2,1H3,(H,18,23). The lowest BCUT2D eigenvalue weighted by Crippen LogP contribution is -2.44. The van der Waals surface area contributed by atoms with E-state index >= 15 is 0 Å². The van der Waals surface area contributed by atoms with Crippen LogP contribution in [0.2, 0.25) is 0 Å². The molecule has 7 heteroatoms. The van der Waals surface area contributed by atoms with Crippen molar-refractivity contribution in [3.05, 3.63) is 48.0 Å². The van der Waals surface area contributed by atoms with E-state index in [1.807, 2.05) is 53.6 Å². The van der Waals surface area contributed by atoms with Gasteiger partial charge in [-0.25, -0.2) is 0 Å². The molecule has 24 heavy (non-hydrogen) atoms. The average molecular weight is 345 g/mol. The van der Waals surface area contributed by atoms with E-state index in [2.05, 4.69) is 20.4 Å². The molecule has 0 saturated carbocycles. The van der Waals surface area contributed by atoms with E-state index in [4.69, 9.17) is 0 Å². The Labute approximate surface area is 146 Å². The zero-order valence-corrected chi connectivity index (χ0v) is 14.7. The van der Waals surface area contributed by atoms with Crippen molar-refractivity contribution in [1.29, 1.82) is 0 Å². The molecular formula is C17H23N5OS. The third-order valence-electron chi connectivity index (χ3n) is 4.23. The van der Waals surface area contributed by atoms with Gasteiger partial charge in [-0.2, -0.15) is 11.8 Å². The third-order valence-corrected chi connectivity index (χ3v) is 5.17. The van der Waals surface area contributed by atoms with Crippen LogP contribution in [0.25, 0.3) is 0 Å². The molecule has 0 radical (unpaired) electrons. The Kier molecular flexibility index (Phi) is 5.87. The minimum absolute atomic E-state index is 0.0266. The van der Waals surface area contributed by atoms with Gasteiger partial charge in [0.15, 0.2) is 5.82 Å². The first-order valence-corrected chi connectivity index (χ1v) is 9.46. The number of carbonyl (C=O) groups excluding carboxylic acids is 1. The normalized spacial score (nSPS) is 16.7. The number of hydrogen-bond donors (Lipinski definition) is 1. The van der Waals surface area contributed by atoms with Crippen LogP contribution in [0.15, 0.2) is 36.7 Å². The van der Waals surface area contributed by atoms with Crippen LogP contribution < -0.4 is 5.32 Å². The average Bonchev–Trinajstić information content (AvgIpc) is 3.09. The summed E-state index contributed by atoms with van der Waals surface area (Å²) in [6.45, 7) is 5.10. The first-order chi connectivity index (χ1) is 11.8. The lowest BCUT2D eigenvalue weighted by atomic mass is 10.0. The van der Waals surface area contributed by atoms with Gasteiger partial charge in [-0.15, -0.1) is 10.2 Å². The topological polar surface area (TPSA) is 63.1 Å². The number of carbonyl (C=O) groups is 1. The first-order valence-electron chi connectivity index (χ1n) is 8.30. The molecule has 1 amide bonds. The number of aryl methyl sites for hydroxylation is 1. The molecule has 2 aromatic rings. The highest BCUT2D eigenvalue weighted by Crippen LogP contribution is 2.24. The van der Waals surface area contributed by atoms with Gasteiger partial charge in [0.2, 0.25) is 5.91 Å². The van der Waals surface area contributed by atoms with Crippen molar-refractivity contribution in [2.45, 2.75) is 26.1 Å². The van der Waals surface area contributed by atoms with Crippen molar-refractivity contribution >= 4 is 17.7 Å². The van der Waals surface area contributed by atoms with Gasteiger partial charge < -0.3 is 9.88 Å². The lowest BCUT2D eigenvalue weighted by molar-refractivity contribution is -0.126. The Balaban J connectivity index is 1.73. The van der Waals surface area contributed by atoms with Crippen molar-refractivity contribution in [3.8, 4) is 0 Å². The zero-order chi connectivity index (χ0) is 16.8. The van der Waals surface area contributed by atoms with E-state index in [9.17, 15) is 4.79 Å². The zero-order valence-electron chi connectivity index (χ0n) is 13.9. The maximum atomic E-state index is 12.9. The second kappa shape index (κ2) is 8.30. The Hall–Kier alpha value is -1.86. The number of benzene rings is 1. The molecule has 128 valence electrons. The molecule has 1 unspecified atom stereocenters. The number of hydrogen-bond acceptors (Lipinski definition) is 5. The van der Waals surface area contributed by atoms with Gasteiger partial charge in [0.1, 0.15) is 12.4 Å². The van der Waals surface area contributed by atoms with Crippen LogP contribution in [-0.2, 0) is 17.9 Å². The van der Waals surface area contributed by atoms with Gasteiger partial charge >= 0.3 is 0 Å². The van der Waals surface area contributed by atoms with Gasteiger partial charge in [-0.1, -0.05) is 30.3 Å². The Morgan fingerprint density at radius 3 is 2.75 bits per heavy atom. The predicted molar refractivity (Wildman–Crippen MR) is 95.6 cm³/mol. The van der Waals surface area contributed by atoms with Crippen molar-refractivity contribution in [2.24, 2.45) is 0 Å². The van der Waals surface area contributed by atoms with Crippen LogP contribution in [-0.4, -0.2) is 50.2 Å². The molecule has 1 aromatic heterocycles. The third kappa shape index (κ3) is 3.96. The van der Waals surface area contributed by atoms with E-state index in [-0.39, 0.29) is 11.9 Å². The molecule has 1 N–H and O–H groups in total.